The van der Waals surface area contributed by atoms with Gasteiger partial charge in [-0.05, 0) is 24.6 Å². The summed E-state index contributed by atoms with van der Waals surface area (Å²) in [4.78, 5) is 7.81. The second-order valence-corrected chi connectivity index (χ2v) is 6.53. The first-order valence-corrected chi connectivity index (χ1v) is 8.34. The number of nitrogens with zero attached hydrogens (tertiary/aromatic N) is 5. The standard InChI is InChI=1S/C15H12N6O2S/c1-11-4-2-5-14(12(11)8-16)24(22,23)20-13-9-17-10-18-15(13)21-7-3-6-19-21/h2-7,9-10,20H,1H3. The van der Waals surface area contributed by atoms with E-state index < -0.39 is 10.0 Å². The van der Waals surface area contributed by atoms with E-state index in [2.05, 4.69) is 19.8 Å². The summed E-state index contributed by atoms with van der Waals surface area (Å²) in [6, 6.07) is 8.26. The normalized spacial score (nSPS) is 11.0. The molecule has 24 heavy (non-hydrogen) atoms. The maximum Gasteiger partial charge on any atom is 0.263 e. The van der Waals surface area contributed by atoms with Crippen molar-refractivity contribution in [3.63, 3.8) is 0 Å². The second kappa shape index (κ2) is 6.10. The number of sulfonamides is 1. The highest BCUT2D eigenvalue weighted by Crippen LogP contribution is 2.23. The van der Waals surface area contributed by atoms with E-state index in [4.69, 9.17) is 0 Å². The number of nitriles is 1. The van der Waals surface area contributed by atoms with Crippen LogP contribution in [0.15, 0.2) is 54.1 Å². The van der Waals surface area contributed by atoms with Gasteiger partial charge in [-0.2, -0.15) is 10.4 Å². The van der Waals surface area contributed by atoms with Crippen molar-refractivity contribution < 1.29 is 8.42 Å². The van der Waals surface area contributed by atoms with Gasteiger partial charge in [0, 0.05) is 12.4 Å². The number of hydrogen-bond acceptors (Lipinski definition) is 6. The van der Waals surface area contributed by atoms with Gasteiger partial charge in [0.2, 0.25) is 0 Å². The van der Waals surface area contributed by atoms with Crippen LogP contribution < -0.4 is 4.72 Å². The number of hydrogen-bond donors (Lipinski definition) is 1. The molecule has 0 radical (unpaired) electrons. The molecule has 0 aliphatic carbocycles. The molecule has 0 bridgehead atoms. The fourth-order valence-corrected chi connectivity index (χ4v) is 3.46. The third-order valence-corrected chi connectivity index (χ3v) is 4.70. The molecular weight excluding hydrogens is 328 g/mol. The van der Waals surface area contributed by atoms with E-state index in [1.54, 1.807) is 37.5 Å². The van der Waals surface area contributed by atoms with Crippen LogP contribution in [-0.4, -0.2) is 28.2 Å². The zero-order chi connectivity index (χ0) is 17.2. The highest BCUT2D eigenvalue weighted by Gasteiger charge is 2.22. The van der Waals surface area contributed by atoms with Crippen molar-refractivity contribution in [3.8, 4) is 11.9 Å². The Hall–Kier alpha value is -3.25. The van der Waals surface area contributed by atoms with Gasteiger partial charge in [0.25, 0.3) is 10.0 Å². The Kier molecular flexibility index (Phi) is 3.97. The summed E-state index contributed by atoms with van der Waals surface area (Å²) in [6.45, 7) is 1.68. The summed E-state index contributed by atoms with van der Waals surface area (Å²) in [5.41, 5.74) is 0.839. The summed E-state index contributed by atoms with van der Waals surface area (Å²) in [5.74, 6) is 0.282. The van der Waals surface area contributed by atoms with Crippen molar-refractivity contribution in [1.29, 1.82) is 5.26 Å². The molecule has 3 rings (SSSR count). The average molecular weight is 340 g/mol. The molecule has 0 aliphatic rings. The molecule has 0 fully saturated rings. The van der Waals surface area contributed by atoms with Crippen LogP contribution in [0.1, 0.15) is 11.1 Å². The molecule has 2 aromatic heterocycles. The van der Waals surface area contributed by atoms with Gasteiger partial charge in [-0.3, -0.25) is 4.72 Å². The van der Waals surface area contributed by atoms with Crippen LogP contribution in [0.25, 0.3) is 5.82 Å². The predicted molar refractivity (Wildman–Crippen MR) is 85.9 cm³/mol. The topological polar surface area (TPSA) is 114 Å². The molecule has 0 saturated carbocycles. The summed E-state index contributed by atoms with van der Waals surface area (Å²) in [6.07, 6.45) is 5.81. The lowest BCUT2D eigenvalue weighted by Crippen LogP contribution is -2.17. The van der Waals surface area contributed by atoms with Crippen molar-refractivity contribution >= 4 is 15.7 Å². The zero-order valence-corrected chi connectivity index (χ0v) is 13.4. The third kappa shape index (κ3) is 2.82. The number of rotatable bonds is 4. The molecule has 8 nitrogen and oxygen atoms in total. The Bertz CT molecular complexity index is 1020. The van der Waals surface area contributed by atoms with Crippen LogP contribution in [0.2, 0.25) is 0 Å². The van der Waals surface area contributed by atoms with Crippen LogP contribution in [0.4, 0.5) is 5.69 Å². The van der Waals surface area contributed by atoms with Gasteiger partial charge in [-0.1, -0.05) is 12.1 Å². The Balaban J connectivity index is 2.07. The highest BCUT2D eigenvalue weighted by molar-refractivity contribution is 7.92. The minimum Gasteiger partial charge on any atom is -0.274 e. The molecule has 0 unspecified atom stereocenters. The van der Waals surface area contributed by atoms with Gasteiger partial charge in [-0.15, -0.1) is 0 Å². The van der Waals surface area contributed by atoms with Crippen LogP contribution >= 0.6 is 0 Å². The SMILES string of the molecule is Cc1cccc(S(=O)(=O)Nc2cncnc2-n2cccn2)c1C#N. The summed E-state index contributed by atoms with van der Waals surface area (Å²) < 4.78 is 29.3. The minimum atomic E-state index is -3.99. The molecule has 2 heterocycles. The Morgan fingerprint density at radius 2 is 2.12 bits per heavy atom. The number of anilines is 1. The van der Waals surface area contributed by atoms with Crippen LogP contribution in [0.5, 0.6) is 0 Å². The Morgan fingerprint density at radius 1 is 1.29 bits per heavy atom. The fraction of sp³-hybridized carbons (Fsp3) is 0.0667. The quantitative estimate of drug-likeness (QED) is 0.772. The van der Waals surface area contributed by atoms with Gasteiger partial charge in [0.1, 0.15) is 23.0 Å². The maximum absolute atomic E-state index is 12.7. The minimum absolute atomic E-state index is 0.0970. The smallest absolute Gasteiger partial charge is 0.263 e. The van der Waals surface area contributed by atoms with E-state index >= 15 is 0 Å². The van der Waals surface area contributed by atoms with Crippen LogP contribution in [0, 0.1) is 18.3 Å². The molecule has 1 aromatic carbocycles. The van der Waals surface area contributed by atoms with Crippen LogP contribution in [0.3, 0.4) is 0 Å². The molecule has 9 heteroatoms. The van der Waals surface area contributed by atoms with E-state index in [9.17, 15) is 13.7 Å². The van der Waals surface area contributed by atoms with Gasteiger partial charge in [-0.25, -0.2) is 23.1 Å². The van der Waals surface area contributed by atoms with Gasteiger partial charge >= 0.3 is 0 Å². The average Bonchev–Trinajstić information content (AvgIpc) is 3.09. The predicted octanol–water partition coefficient (Wildman–Crippen LogP) is 1.64. The van der Waals surface area contributed by atoms with Crippen LogP contribution in [-0.2, 0) is 10.0 Å². The lowest BCUT2D eigenvalue weighted by atomic mass is 10.1. The molecule has 120 valence electrons. The first kappa shape index (κ1) is 15.6. The van der Waals surface area contributed by atoms with Gasteiger partial charge < -0.3 is 0 Å². The third-order valence-electron chi connectivity index (χ3n) is 3.29. The highest BCUT2D eigenvalue weighted by atomic mass is 32.2. The fourth-order valence-electron chi connectivity index (χ4n) is 2.18. The monoisotopic (exact) mass is 340 g/mol. The van der Waals surface area contributed by atoms with Crippen molar-refractivity contribution in [2.45, 2.75) is 11.8 Å². The van der Waals surface area contributed by atoms with Crippen molar-refractivity contribution in [1.82, 2.24) is 19.7 Å². The van der Waals surface area contributed by atoms with Gasteiger partial charge in [0.05, 0.1) is 11.8 Å². The molecule has 0 spiro atoms. The second-order valence-electron chi connectivity index (χ2n) is 4.88. The van der Waals surface area contributed by atoms with Crippen molar-refractivity contribution in [2.75, 3.05) is 4.72 Å². The molecule has 0 atom stereocenters. The number of aryl methyl sites for hydroxylation is 1. The molecule has 0 saturated heterocycles. The number of benzene rings is 1. The van der Waals surface area contributed by atoms with E-state index in [0.717, 1.165) is 0 Å². The Labute approximate surface area is 138 Å². The first-order valence-electron chi connectivity index (χ1n) is 6.85. The molecule has 1 N–H and O–H groups in total. The lowest BCUT2D eigenvalue weighted by molar-refractivity contribution is 0.600. The largest absolute Gasteiger partial charge is 0.274 e. The van der Waals surface area contributed by atoms with E-state index in [1.807, 2.05) is 6.07 Å². The summed E-state index contributed by atoms with van der Waals surface area (Å²) in [7, 11) is -3.99. The lowest BCUT2D eigenvalue weighted by Gasteiger charge is -2.12. The van der Waals surface area contributed by atoms with E-state index in [0.29, 0.717) is 5.56 Å². The summed E-state index contributed by atoms with van der Waals surface area (Å²) in [5, 5.41) is 13.3. The van der Waals surface area contributed by atoms with E-state index in [-0.39, 0.29) is 22.0 Å². The molecule has 0 aliphatic heterocycles. The zero-order valence-electron chi connectivity index (χ0n) is 12.6. The van der Waals surface area contributed by atoms with Crippen molar-refractivity contribution in [3.05, 3.63) is 60.3 Å². The summed E-state index contributed by atoms with van der Waals surface area (Å²) >= 11 is 0. The molecular formula is C15H12N6O2S. The van der Waals surface area contributed by atoms with Crippen molar-refractivity contribution in [2.24, 2.45) is 0 Å². The molecule has 3 aromatic rings. The van der Waals surface area contributed by atoms with Gasteiger partial charge in [0.15, 0.2) is 5.82 Å². The Morgan fingerprint density at radius 3 is 2.83 bits per heavy atom. The first-order chi connectivity index (χ1) is 11.5. The number of nitrogens with one attached hydrogen (secondary N) is 1. The molecule has 0 amide bonds. The van der Waals surface area contributed by atoms with E-state index in [1.165, 1.54) is 23.3 Å². The maximum atomic E-state index is 12.7. The number of aromatic nitrogens is 4.